The summed E-state index contributed by atoms with van der Waals surface area (Å²) in [4.78, 5) is 2.49. The Morgan fingerprint density at radius 3 is 2.10 bits per heavy atom. The van der Waals surface area contributed by atoms with E-state index in [1.54, 1.807) is 0 Å². The van der Waals surface area contributed by atoms with Crippen molar-refractivity contribution in [2.75, 3.05) is 4.90 Å². The summed E-state index contributed by atoms with van der Waals surface area (Å²) in [6, 6.07) is 61.4. The number of thiophene rings is 1. The van der Waals surface area contributed by atoms with Crippen LogP contribution in [0.4, 0.5) is 17.1 Å². The van der Waals surface area contributed by atoms with Gasteiger partial charge in [0, 0.05) is 53.1 Å². The molecule has 11 rings (SSSR count). The van der Waals surface area contributed by atoms with Crippen LogP contribution in [0, 0.1) is 0 Å². The van der Waals surface area contributed by atoms with E-state index in [2.05, 4.69) is 167 Å². The molecule has 0 bridgehead atoms. The molecule has 3 aromatic heterocycles. The van der Waals surface area contributed by atoms with Crippen LogP contribution in [-0.4, -0.2) is 4.57 Å². The highest BCUT2D eigenvalue weighted by molar-refractivity contribution is 7.26. The van der Waals surface area contributed by atoms with Gasteiger partial charge in [-0.15, -0.1) is 11.3 Å². The molecule has 0 N–H and O–H groups in total. The lowest BCUT2D eigenvalue weighted by atomic mass is 10.0. The van der Waals surface area contributed by atoms with Crippen molar-refractivity contribution in [1.29, 1.82) is 0 Å². The number of anilines is 3. The third-order valence-electron chi connectivity index (χ3n) is 10.1. The number of rotatable bonds is 4. The van der Waals surface area contributed by atoms with Crippen LogP contribution in [0.2, 0.25) is 0 Å². The fraction of sp³-hybridized carbons (Fsp3) is 0. The highest BCUT2D eigenvalue weighted by Gasteiger charge is 2.24. The molecule has 0 unspecified atom stereocenters. The summed E-state index contributed by atoms with van der Waals surface area (Å²) in [5, 5.41) is 9.59. The molecule has 234 valence electrons. The Morgan fingerprint density at radius 1 is 0.460 bits per heavy atom. The van der Waals surface area contributed by atoms with Crippen LogP contribution < -0.4 is 4.90 Å². The van der Waals surface area contributed by atoms with Crippen molar-refractivity contribution in [2.45, 2.75) is 0 Å². The Morgan fingerprint density at radius 2 is 1.18 bits per heavy atom. The summed E-state index contributed by atoms with van der Waals surface area (Å²) in [6.45, 7) is 0. The zero-order chi connectivity index (χ0) is 32.8. The molecule has 4 heteroatoms. The summed E-state index contributed by atoms with van der Waals surface area (Å²) in [5.41, 5.74) is 8.71. The van der Waals surface area contributed by atoms with Crippen molar-refractivity contribution in [3.8, 4) is 5.69 Å². The van der Waals surface area contributed by atoms with E-state index >= 15 is 0 Å². The van der Waals surface area contributed by atoms with E-state index in [1.807, 2.05) is 23.5 Å². The van der Waals surface area contributed by atoms with Gasteiger partial charge in [0.15, 0.2) is 0 Å². The minimum absolute atomic E-state index is 0.912. The highest BCUT2D eigenvalue weighted by atomic mass is 32.1. The predicted octanol–water partition coefficient (Wildman–Crippen LogP) is 13.7. The normalized spacial score (nSPS) is 12.0. The van der Waals surface area contributed by atoms with Gasteiger partial charge < -0.3 is 13.9 Å². The number of fused-ring (bicyclic) bond motifs is 10. The number of hydrogen-bond donors (Lipinski definition) is 0. The fourth-order valence-corrected chi connectivity index (χ4v) is 9.10. The smallest absolute Gasteiger partial charge is 0.136 e. The van der Waals surface area contributed by atoms with Gasteiger partial charge in [-0.2, -0.15) is 0 Å². The van der Waals surface area contributed by atoms with Crippen LogP contribution in [0.25, 0.3) is 80.4 Å². The number of nitrogens with zero attached hydrogens (tertiary/aromatic N) is 2. The molecule has 0 aliphatic carbocycles. The molecule has 3 nitrogen and oxygen atoms in total. The van der Waals surface area contributed by atoms with Gasteiger partial charge in [-0.25, -0.2) is 0 Å². The van der Waals surface area contributed by atoms with Gasteiger partial charge in [0.25, 0.3) is 0 Å². The van der Waals surface area contributed by atoms with Crippen LogP contribution in [-0.2, 0) is 0 Å². The molecule has 0 spiro atoms. The number of para-hydroxylation sites is 4. The number of furan rings is 1. The fourth-order valence-electron chi connectivity index (χ4n) is 7.97. The molecule has 0 fully saturated rings. The minimum atomic E-state index is 0.912. The van der Waals surface area contributed by atoms with Crippen molar-refractivity contribution in [1.82, 2.24) is 4.57 Å². The van der Waals surface area contributed by atoms with Gasteiger partial charge in [-0.05, 0) is 83.6 Å². The Labute approximate surface area is 291 Å². The van der Waals surface area contributed by atoms with Gasteiger partial charge >= 0.3 is 0 Å². The summed E-state index contributed by atoms with van der Waals surface area (Å²) in [5.74, 6) is 0. The van der Waals surface area contributed by atoms with Crippen LogP contribution in [0.5, 0.6) is 0 Å². The van der Waals surface area contributed by atoms with Crippen LogP contribution in [0.3, 0.4) is 0 Å². The zero-order valence-electron chi connectivity index (χ0n) is 26.9. The second kappa shape index (κ2) is 10.6. The van der Waals surface area contributed by atoms with Crippen LogP contribution >= 0.6 is 11.3 Å². The largest absolute Gasteiger partial charge is 0.456 e. The molecule has 50 heavy (non-hydrogen) atoms. The molecule has 0 saturated carbocycles. The number of aromatic nitrogens is 1. The van der Waals surface area contributed by atoms with Gasteiger partial charge in [0.05, 0.1) is 22.4 Å². The molecule has 0 atom stereocenters. The molecule has 0 amide bonds. The van der Waals surface area contributed by atoms with Crippen molar-refractivity contribution >= 4 is 103 Å². The first-order valence-electron chi connectivity index (χ1n) is 16.9. The monoisotopic (exact) mass is 656 g/mol. The highest BCUT2D eigenvalue weighted by Crippen LogP contribution is 2.48. The zero-order valence-corrected chi connectivity index (χ0v) is 27.7. The van der Waals surface area contributed by atoms with E-state index < -0.39 is 0 Å². The molecular weight excluding hydrogens is 629 g/mol. The Bertz CT molecular complexity index is 3110. The minimum Gasteiger partial charge on any atom is -0.456 e. The van der Waals surface area contributed by atoms with E-state index in [4.69, 9.17) is 4.42 Å². The number of benzene rings is 8. The topological polar surface area (TPSA) is 21.3 Å². The third-order valence-corrected chi connectivity index (χ3v) is 11.3. The van der Waals surface area contributed by atoms with Crippen molar-refractivity contribution in [2.24, 2.45) is 0 Å². The Balaban J connectivity index is 1.27. The van der Waals surface area contributed by atoms with Crippen molar-refractivity contribution < 1.29 is 4.42 Å². The Hall–Kier alpha value is -6.36. The van der Waals surface area contributed by atoms with E-state index in [-0.39, 0.29) is 0 Å². The maximum Gasteiger partial charge on any atom is 0.136 e. The molecule has 0 saturated heterocycles. The average Bonchev–Trinajstić information content (AvgIpc) is 3.84. The molecule has 0 aliphatic heterocycles. The molecule has 11 aromatic rings. The maximum absolute atomic E-state index is 6.28. The molecule has 3 heterocycles. The van der Waals surface area contributed by atoms with Crippen molar-refractivity contribution in [3.63, 3.8) is 0 Å². The summed E-state index contributed by atoms with van der Waals surface area (Å²) in [6.07, 6.45) is 0. The van der Waals surface area contributed by atoms with Gasteiger partial charge in [-0.3, -0.25) is 0 Å². The lowest BCUT2D eigenvalue weighted by Gasteiger charge is -2.28. The SMILES string of the molecule is c1ccc(-n2c3ccccc3c3cccc(N(c4ccc5cc6oc7ccccc7c6cc5c4)c4cccc5sc6ccccc6c45)c32)cc1. The first kappa shape index (κ1) is 27.6. The lowest BCUT2D eigenvalue weighted by molar-refractivity contribution is 0.669. The maximum atomic E-state index is 6.28. The molecule has 0 radical (unpaired) electrons. The van der Waals surface area contributed by atoms with Gasteiger partial charge in [-0.1, -0.05) is 97.1 Å². The van der Waals surface area contributed by atoms with E-state index in [0.717, 1.165) is 50.1 Å². The molecule has 8 aromatic carbocycles. The molecular formula is C46H28N2OS. The second-order valence-corrected chi connectivity index (χ2v) is 14.0. The quantitative estimate of drug-likeness (QED) is 0.188. The van der Waals surface area contributed by atoms with Crippen LogP contribution in [0.1, 0.15) is 0 Å². The Kier molecular flexibility index (Phi) is 5.83. The van der Waals surface area contributed by atoms with Gasteiger partial charge in [0.2, 0.25) is 0 Å². The van der Waals surface area contributed by atoms with E-state index in [9.17, 15) is 0 Å². The first-order chi connectivity index (χ1) is 24.8. The summed E-state index contributed by atoms with van der Waals surface area (Å²) >= 11 is 1.85. The molecule has 0 aliphatic rings. The predicted molar refractivity (Wildman–Crippen MR) is 213 cm³/mol. The summed E-state index contributed by atoms with van der Waals surface area (Å²) in [7, 11) is 0. The average molecular weight is 657 g/mol. The lowest BCUT2D eigenvalue weighted by Crippen LogP contribution is -2.12. The number of hydrogen-bond acceptors (Lipinski definition) is 3. The second-order valence-electron chi connectivity index (χ2n) is 12.9. The van der Waals surface area contributed by atoms with Gasteiger partial charge in [0.1, 0.15) is 11.2 Å². The van der Waals surface area contributed by atoms with Crippen molar-refractivity contribution in [3.05, 3.63) is 170 Å². The summed E-state index contributed by atoms with van der Waals surface area (Å²) < 4.78 is 11.3. The standard InChI is InChI=1S/C46H28N2OS/c1-2-12-31(13-3-1)48-38-18-7-4-14-33(38)35-17-10-20-40(46(35)48)47(39-19-11-23-44-45(39)36-16-6-9-22-43(36)50-44)32-25-24-29-28-42-37(27-30(29)26-32)34-15-5-8-21-41(34)49-42/h1-28H. The third kappa shape index (κ3) is 3.97. The van der Waals surface area contributed by atoms with E-state index in [0.29, 0.717) is 0 Å². The van der Waals surface area contributed by atoms with E-state index in [1.165, 1.54) is 47.4 Å². The van der Waals surface area contributed by atoms with Crippen LogP contribution in [0.15, 0.2) is 174 Å². The first-order valence-corrected chi connectivity index (χ1v) is 17.7.